The van der Waals surface area contributed by atoms with Gasteiger partial charge in [0.15, 0.2) is 5.13 Å². The average molecular weight is 526 g/mol. The highest BCUT2D eigenvalue weighted by Crippen LogP contribution is 2.38. The second-order valence-electron chi connectivity index (χ2n) is 8.52. The minimum atomic E-state index is -0.0122. The highest BCUT2D eigenvalue weighted by Gasteiger charge is 2.27. The minimum absolute atomic E-state index is 0.0122. The third-order valence-corrected chi connectivity index (χ3v) is 8.17. The molecule has 1 atom stereocenters. The summed E-state index contributed by atoms with van der Waals surface area (Å²) >= 11 is 3.26. The molecule has 8 nitrogen and oxygen atoms in total. The molecule has 190 valence electrons. The van der Waals surface area contributed by atoms with Gasteiger partial charge in [0.05, 0.1) is 30.9 Å². The Hall–Kier alpha value is -2.92. The predicted octanol–water partition coefficient (Wildman–Crippen LogP) is 4.94. The summed E-state index contributed by atoms with van der Waals surface area (Å²) in [4.78, 5) is 25.7. The third kappa shape index (κ3) is 6.64. The monoisotopic (exact) mass is 525 g/mol. The molecule has 3 heterocycles. The topological polar surface area (TPSA) is 79.8 Å². The Labute approximate surface area is 220 Å². The molecule has 1 aromatic carbocycles. The quantitative estimate of drug-likeness (QED) is 0.279. The number of carbonyl (C=O) groups is 1. The van der Waals surface area contributed by atoms with E-state index >= 15 is 0 Å². The lowest BCUT2D eigenvalue weighted by molar-refractivity contribution is -0.125. The number of likely N-dealkylation sites (tertiary alicyclic amines) is 1. The van der Waals surface area contributed by atoms with Crippen LogP contribution in [-0.2, 0) is 16.1 Å². The number of nitrogens with zero attached hydrogens (tertiary/aromatic N) is 4. The molecule has 1 saturated heterocycles. The molecule has 1 aliphatic heterocycles. The van der Waals surface area contributed by atoms with Crippen LogP contribution in [0.15, 0.2) is 64.5 Å². The number of anilines is 2. The number of methoxy groups -OCH3 is 1. The van der Waals surface area contributed by atoms with E-state index in [2.05, 4.69) is 45.8 Å². The summed E-state index contributed by atoms with van der Waals surface area (Å²) < 4.78 is 12.8. The Bertz CT molecular complexity index is 1190. The van der Waals surface area contributed by atoms with Gasteiger partial charge in [0.2, 0.25) is 5.91 Å². The summed E-state index contributed by atoms with van der Waals surface area (Å²) in [6.07, 6.45) is 5.93. The van der Waals surface area contributed by atoms with E-state index in [1.165, 1.54) is 6.08 Å². The lowest BCUT2D eigenvalue weighted by Crippen LogP contribution is -2.37. The van der Waals surface area contributed by atoms with E-state index in [0.29, 0.717) is 19.9 Å². The van der Waals surface area contributed by atoms with E-state index in [9.17, 15) is 4.79 Å². The molecule has 1 amide bonds. The van der Waals surface area contributed by atoms with Gasteiger partial charge in [0.25, 0.3) is 0 Å². The Morgan fingerprint density at radius 1 is 1.39 bits per heavy atom. The largest absolute Gasteiger partial charge is 0.496 e. The van der Waals surface area contributed by atoms with E-state index in [1.54, 1.807) is 36.4 Å². The maximum Gasteiger partial charge on any atom is 0.246 e. The first-order valence-corrected chi connectivity index (χ1v) is 13.3. The second kappa shape index (κ2) is 12.4. The molecule has 2 aromatic heterocycles. The number of ether oxygens (including phenoxy) is 2. The van der Waals surface area contributed by atoms with Crippen LogP contribution in [0.2, 0.25) is 0 Å². The number of benzene rings is 1. The summed E-state index contributed by atoms with van der Waals surface area (Å²) in [6, 6.07) is 10.2. The Morgan fingerprint density at radius 2 is 2.25 bits per heavy atom. The molecule has 0 spiro atoms. The second-order valence-corrected chi connectivity index (χ2v) is 10.9. The fraction of sp³-hybridized carbons (Fsp3) is 0.346. The smallest absolute Gasteiger partial charge is 0.246 e. The average Bonchev–Trinajstić information content (AvgIpc) is 3.56. The third-order valence-electron chi connectivity index (χ3n) is 6.00. The minimum Gasteiger partial charge on any atom is -0.496 e. The van der Waals surface area contributed by atoms with Crippen LogP contribution in [0.25, 0.3) is 0 Å². The van der Waals surface area contributed by atoms with E-state index in [1.807, 2.05) is 36.3 Å². The fourth-order valence-corrected chi connectivity index (χ4v) is 5.94. The molecule has 0 saturated carbocycles. The van der Waals surface area contributed by atoms with Gasteiger partial charge in [-0.05, 0) is 56.3 Å². The summed E-state index contributed by atoms with van der Waals surface area (Å²) in [5, 5.41) is 4.04. The van der Waals surface area contributed by atoms with Crippen molar-refractivity contribution in [3.8, 4) is 5.75 Å². The highest BCUT2D eigenvalue weighted by molar-refractivity contribution is 8.01. The first-order chi connectivity index (χ1) is 17.5. The standard InChI is InChI=1S/C26H31N5O3S2/c1-5-24(32)31-11-9-20(15-31)30(3)17-34-16-19-13-22(18(2)12-21(19)33-4)35-25-14-28-26(36-25)29-23-8-6-7-10-27-23/h5-8,10,12-14,20H,1,9,11,15-17H2,2-4H3,(H,27,28,29)/t20-/m1/s1. The van der Waals surface area contributed by atoms with Crippen molar-refractivity contribution in [2.24, 2.45) is 0 Å². The van der Waals surface area contributed by atoms with Crippen LogP contribution in [-0.4, -0.2) is 65.7 Å². The first kappa shape index (κ1) is 26.2. The van der Waals surface area contributed by atoms with Gasteiger partial charge in [-0.15, -0.1) is 0 Å². The van der Waals surface area contributed by atoms with Crippen molar-refractivity contribution in [2.75, 3.05) is 39.3 Å². The highest BCUT2D eigenvalue weighted by atomic mass is 32.2. The SMILES string of the molecule is C=CC(=O)N1CC[C@@H](N(C)COCc2cc(Sc3cnc(Nc4ccccn4)s3)c(C)cc2OC)C1. The van der Waals surface area contributed by atoms with Crippen LogP contribution in [0, 0.1) is 6.92 Å². The number of nitrogens with one attached hydrogen (secondary N) is 1. The van der Waals surface area contributed by atoms with Crippen molar-refractivity contribution in [1.29, 1.82) is 0 Å². The van der Waals surface area contributed by atoms with Crippen LogP contribution in [0.5, 0.6) is 5.75 Å². The van der Waals surface area contributed by atoms with Gasteiger partial charge in [-0.25, -0.2) is 9.97 Å². The van der Waals surface area contributed by atoms with Crippen molar-refractivity contribution in [3.63, 3.8) is 0 Å². The molecule has 0 unspecified atom stereocenters. The number of pyridine rings is 1. The van der Waals surface area contributed by atoms with Crippen LogP contribution in [0.1, 0.15) is 17.5 Å². The van der Waals surface area contributed by atoms with Gasteiger partial charge in [-0.1, -0.05) is 35.7 Å². The number of rotatable bonds is 11. The molecule has 0 radical (unpaired) electrons. The van der Waals surface area contributed by atoms with E-state index in [0.717, 1.165) is 49.9 Å². The van der Waals surface area contributed by atoms with Gasteiger partial charge in [0, 0.05) is 35.8 Å². The summed E-state index contributed by atoms with van der Waals surface area (Å²) in [5.74, 6) is 1.57. The Morgan fingerprint density at radius 3 is 3.00 bits per heavy atom. The lowest BCUT2D eigenvalue weighted by Gasteiger charge is -2.24. The molecule has 36 heavy (non-hydrogen) atoms. The van der Waals surface area contributed by atoms with Gasteiger partial charge >= 0.3 is 0 Å². The molecule has 3 aromatic rings. The van der Waals surface area contributed by atoms with Crippen molar-refractivity contribution in [1.82, 2.24) is 19.8 Å². The van der Waals surface area contributed by atoms with E-state index in [-0.39, 0.29) is 11.9 Å². The van der Waals surface area contributed by atoms with Gasteiger partial charge in [-0.2, -0.15) is 0 Å². The molecular weight excluding hydrogens is 494 g/mol. The molecule has 1 N–H and O–H groups in total. The Balaban J connectivity index is 1.36. The van der Waals surface area contributed by atoms with Crippen molar-refractivity contribution < 1.29 is 14.3 Å². The van der Waals surface area contributed by atoms with Crippen LogP contribution in [0.4, 0.5) is 10.9 Å². The number of aryl methyl sites for hydroxylation is 1. The number of carbonyl (C=O) groups excluding carboxylic acids is 1. The zero-order chi connectivity index (χ0) is 25.5. The van der Waals surface area contributed by atoms with Crippen molar-refractivity contribution in [2.45, 2.75) is 35.1 Å². The van der Waals surface area contributed by atoms with Crippen molar-refractivity contribution in [3.05, 3.63) is 66.5 Å². The fourth-order valence-electron chi connectivity index (χ4n) is 3.97. The zero-order valence-corrected chi connectivity index (χ0v) is 22.4. The number of amides is 1. The molecule has 10 heteroatoms. The maximum absolute atomic E-state index is 11.9. The Kier molecular flexibility index (Phi) is 8.98. The van der Waals surface area contributed by atoms with Crippen molar-refractivity contribution >= 4 is 40.0 Å². The number of hydrogen-bond donors (Lipinski definition) is 1. The molecule has 0 bridgehead atoms. The number of thiazole rings is 1. The summed E-state index contributed by atoms with van der Waals surface area (Å²) in [7, 11) is 3.71. The molecule has 1 fully saturated rings. The van der Waals surface area contributed by atoms with E-state index < -0.39 is 0 Å². The van der Waals surface area contributed by atoms with Crippen LogP contribution in [0.3, 0.4) is 0 Å². The van der Waals surface area contributed by atoms with Crippen LogP contribution >= 0.6 is 23.1 Å². The number of aromatic nitrogens is 2. The molecular formula is C26H31N5O3S2. The number of hydrogen-bond acceptors (Lipinski definition) is 9. The summed E-state index contributed by atoms with van der Waals surface area (Å²) in [5.41, 5.74) is 2.12. The maximum atomic E-state index is 11.9. The normalized spacial score (nSPS) is 15.3. The van der Waals surface area contributed by atoms with Gasteiger partial charge in [-0.3, -0.25) is 9.69 Å². The van der Waals surface area contributed by atoms with E-state index in [4.69, 9.17) is 9.47 Å². The van der Waals surface area contributed by atoms with Crippen LogP contribution < -0.4 is 10.1 Å². The van der Waals surface area contributed by atoms with Gasteiger partial charge in [0.1, 0.15) is 11.6 Å². The van der Waals surface area contributed by atoms with Gasteiger partial charge < -0.3 is 19.7 Å². The first-order valence-electron chi connectivity index (χ1n) is 11.7. The number of likely N-dealkylation sites (N-methyl/N-ethyl adjacent to an activating group) is 1. The molecule has 0 aliphatic carbocycles. The zero-order valence-electron chi connectivity index (χ0n) is 20.8. The molecule has 4 rings (SSSR count). The molecule has 1 aliphatic rings. The predicted molar refractivity (Wildman–Crippen MR) is 144 cm³/mol. The summed E-state index contributed by atoms with van der Waals surface area (Å²) in [6.45, 7) is 8.01. The lowest BCUT2D eigenvalue weighted by atomic mass is 10.1.